The van der Waals surface area contributed by atoms with Gasteiger partial charge >= 0.3 is 0 Å². The molecule has 0 spiro atoms. The first kappa shape index (κ1) is 7.66. The van der Waals surface area contributed by atoms with Crippen molar-refractivity contribution in [2.75, 3.05) is 0 Å². The minimum Gasteiger partial charge on any atom is -0.316 e. The summed E-state index contributed by atoms with van der Waals surface area (Å²) in [5.74, 6) is -1.28. The fraction of sp³-hybridized carbons (Fsp3) is 0.250. The van der Waals surface area contributed by atoms with Crippen molar-refractivity contribution in [3.8, 4) is 12.1 Å². The molecule has 2 unspecified atom stereocenters. The van der Waals surface area contributed by atoms with Crippen LogP contribution in [-0.2, 0) is 14.3 Å². The first-order chi connectivity index (χ1) is 6.13. The second kappa shape index (κ2) is 1.85. The molecule has 5 nitrogen and oxygen atoms in total. The van der Waals surface area contributed by atoms with E-state index in [1.54, 1.807) is 12.1 Å². The van der Waals surface area contributed by atoms with Crippen LogP contribution in [0.1, 0.15) is 0 Å². The van der Waals surface area contributed by atoms with Gasteiger partial charge in [-0.1, -0.05) is 0 Å². The Bertz CT molecular complexity index is 399. The summed E-state index contributed by atoms with van der Waals surface area (Å²) in [5, 5.41) is 17.3. The summed E-state index contributed by atoms with van der Waals surface area (Å²) in [6.45, 7) is 0. The van der Waals surface area contributed by atoms with E-state index in [0.29, 0.717) is 0 Å². The van der Waals surface area contributed by atoms with Crippen molar-refractivity contribution in [2.24, 2.45) is 0 Å². The third-order valence-electron chi connectivity index (χ3n) is 2.16. The van der Waals surface area contributed by atoms with Gasteiger partial charge in [-0.25, -0.2) is 0 Å². The summed E-state index contributed by atoms with van der Waals surface area (Å²) in [6, 6.07) is 3.12. The lowest BCUT2D eigenvalue weighted by atomic mass is 9.83. The third-order valence-corrected chi connectivity index (χ3v) is 2.16. The molecule has 13 heavy (non-hydrogen) atoms. The van der Waals surface area contributed by atoms with Gasteiger partial charge in [0.15, 0.2) is 0 Å². The van der Waals surface area contributed by atoms with E-state index < -0.39 is 22.8 Å². The molecule has 0 radical (unpaired) electrons. The van der Waals surface area contributed by atoms with Crippen LogP contribution in [0.3, 0.4) is 0 Å². The van der Waals surface area contributed by atoms with Crippen molar-refractivity contribution in [2.45, 2.75) is 11.2 Å². The van der Waals surface area contributed by atoms with Gasteiger partial charge in [0.05, 0.1) is 0 Å². The van der Waals surface area contributed by atoms with Gasteiger partial charge in [-0.3, -0.25) is 9.59 Å². The highest BCUT2D eigenvalue weighted by molar-refractivity contribution is 6.21. The van der Waals surface area contributed by atoms with Crippen LogP contribution < -0.4 is 0 Å². The molecule has 1 aliphatic heterocycles. The van der Waals surface area contributed by atoms with Gasteiger partial charge in [0.25, 0.3) is 11.2 Å². The molecule has 0 amide bonds. The number of ketones is 2. The SMILES string of the molecule is N#CC12OC1(C#N)C(=O)C=CC2=O. The number of epoxide rings is 1. The second-order valence-corrected chi connectivity index (χ2v) is 2.75. The van der Waals surface area contributed by atoms with Crippen molar-refractivity contribution in [3.63, 3.8) is 0 Å². The molecule has 0 aromatic heterocycles. The molecule has 0 N–H and O–H groups in total. The maximum Gasteiger partial charge on any atom is 0.269 e. The Morgan fingerprint density at radius 2 is 1.46 bits per heavy atom. The fourth-order valence-electron chi connectivity index (χ4n) is 1.35. The van der Waals surface area contributed by atoms with Crippen LogP contribution in [0.5, 0.6) is 0 Å². The molecule has 1 saturated heterocycles. The Kier molecular flexibility index (Phi) is 1.09. The van der Waals surface area contributed by atoms with Crippen LogP contribution in [0.4, 0.5) is 0 Å². The Morgan fingerprint density at radius 3 is 1.77 bits per heavy atom. The Balaban J connectivity index is 2.63. The molecular weight excluding hydrogens is 172 g/mol. The number of nitrogens with zero attached hydrogens (tertiary/aromatic N) is 2. The minimum atomic E-state index is -1.87. The van der Waals surface area contributed by atoms with E-state index in [0.717, 1.165) is 12.2 Å². The zero-order valence-corrected chi connectivity index (χ0v) is 6.27. The van der Waals surface area contributed by atoms with Crippen molar-refractivity contribution in [1.82, 2.24) is 0 Å². The molecule has 1 fully saturated rings. The van der Waals surface area contributed by atoms with Crippen molar-refractivity contribution in [3.05, 3.63) is 12.2 Å². The number of rotatable bonds is 0. The number of fused-ring (bicyclic) bond motifs is 1. The summed E-state index contributed by atoms with van der Waals surface area (Å²) >= 11 is 0. The van der Waals surface area contributed by atoms with E-state index in [-0.39, 0.29) is 0 Å². The Labute approximate surface area is 72.8 Å². The molecule has 2 atom stereocenters. The average molecular weight is 174 g/mol. The summed E-state index contributed by atoms with van der Waals surface area (Å²) in [5.41, 5.74) is -3.73. The zero-order valence-electron chi connectivity index (χ0n) is 6.27. The predicted octanol–water partition coefficient (Wildman–Crippen LogP) is -0.751. The number of nitriles is 2. The van der Waals surface area contributed by atoms with E-state index in [1.807, 2.05) is 0 Å². The lowest BCUT2D eigenvalue weighted by molar-refractivity contribution is -0.121. The molecule has 1 aliphatic carbocycles. The largest absolute Gasteiger partial charge is 0.316 e. The van der Waals surface area contributed by atoms with Crippen LogP contribution >= 0.6 is 0 Å². The molecule has 0 aromatic carbocycles. The second-order valence-electron chi connectivity index (χ2n) is 2.75. The van der Waals surface area contributed by atoms with E-state index >= 15 is 0 Å². The molecule has 0 bridgehead atoms. The molecule has 0 saturated carbocycles. The zero-order chi connectivity index (χ0) is 9.69. The molecule has 0 aromatic rings. The molecule has 2 rings (SSSR count). The van der Waals surface area contributed by atoms with Crippen molar-refractivity contribution < 1.29 is 14.3 Å². The summed E-state index contributed by atoms with van der Waals surface area (Å²) < 4.78 is 4.69. The molecule has 2 aliphatic rings. The van der Waals surface area contributed by atoms with E-state index in [9.17, 15) is 9.59 Å². The maximum absolute atomic E-state index is 11.2. The molecule has 5 heteroatoms. The number of carbonyl (C=O) groups is 2. The highest BCUT2D eigenvalue weighted by Gasteiger charge is 2.81. The smallest absolute Gasteiger partial charge is 0.269 e. The van der Waals surface area contributed by atoms with Gasteiger partial charge in [-0.15, -0.1) is 0 Å². The number of carbonyl (C=O) groups excluding carboxylic acids is 2. The topological polar surface area (TPSA) is 94.2 Å². The van der Waals surface area contributed by atoms with Crippen molar-refractivity contribution >= 4 is 11.6 Å². The van der Waals surface area contributed by atoms with Gasteiger partial charge in [-0.2, -0.15) is 10.5 Å². The molecule has 62 valence electrons. The van der Waals surface area contributed by atoms with Crippen LogP contribution in [0, 0.1) is 22.7 Å². The number of ether oxygens (including phenoxy) is 1. The predicted molar refractivity (Wildman–Crippen MR) is 36.9 cm³/mol. The Hall–Kier alpha value is -1.98. The fourth-order valence-corrected chi connectivity index (χ4v) is 1.35. The highest BCUT2D eigenvalue weighted by Crippen LogP contribution is 2.51. The summed E-state index contributed by atoms with van der Waals surface area (Å²) in [4.78, 5) is 22.3. The third kappa shape index (κ3) is 0.557. The lowest BCUT2D eigenvalue weighted by Gasteiger charge is -2.05. The first-order valence-corrected chi connectivity index (χ1v) is 3.42. The van der Waals surface area contributed by atoms with Crippen molar-refractivity contribution in [1.29, 1.82) is 10.5 Å². The van der Waals surface area contributed by atoms with Crippen LogP contribution in [0.15, 0.2) is 12.2 Å². The van der Waals surface area contributed by atoms with E-state index in [4.69, 9.17) is 15.3 Å². The van der Waals surface area contributed by atoms with Gasteiger partial charge in [-0.05, 0) is 12.2 Å². The van der Waals surface area contributed by atoms with Crippen LogP contribution in [-0.4, -0.2) is 22.8 Å². The van der Waals surface area contributed by atoms with E-state index in [2.05, 4.69) is 0 Å². The molecule has 1 heterocycles. The van der Waals surface area contributed by atoms with Gasteiger partial charge in [0, 0.05) is 0 Å². The minimum absolute atomic E-state index is 0.642. The normalized spacial score (nSPS) is 40.5. The van der Waals surface area contributed by atoms with Gasteiger partial charge in [0.1, 0.15) is 12.1 Å². The van der Waals surface area contributed by atoms with Gasteiger partial charge < -0.3 is 4.74 Å². The van der Waals surface area contributed by atoms with Crippen LogP contribution in [0.25, 0.3) is 0 Å². The number of hydrogen-bond donors (Lipinski definition) is 0. The average Bonchev–Trinajstić information content (AvgIpc) is 2.85. The van der Waals surface area contributed by atoms with Crippen LogP contribution in [0.2, 0.25) is 0 Å². The summed E-state index contributed by atoms with van der Waals surface area (Å²) in [7, 11) is 0. The lowest BCUT2D eigenvalue weighted by Crippen LogP contribution is -2.39. The molecular formula is C8H2N2O3. The Morgan fingerprint density at radius 1 is 1.08 bits per heavy atom. The van der Waals surface area contributed by atoms with Gasteiger partial charge in [0.2, 0.25) is 11.6 Å². The van der Waals surface area contributed by atoms with E-state index in [1.165, 1.54) is 0 Å². The quantitative estimate of drug-likeness (QED) is 0.450. The highest BCUT2D eigenvalue weighted by atomic mass is 16.6. The monoisotopic (exact) mass is 174 g/mol. The number of hydrogen-bond acceptors (Lipinski definition) is 5. The summed E-state index contributed by atoms with van der Waals surface area (Å²) in [6.07, 6.45) is 1.93. The maximum atomic E-state index is 11.2. The standard InChI is InChI=1S/C8H2N2O3/c9-3-7-5(11)1-2-6(12)8(7,4-10)13-7/h1-2H. The first-order valence-electron chi connectivity index (χ1n) is 3.42.